The second-order valence-corrected chi connectivity index (χ2v) is 7.13. The molecule has 1 aliphatic carbocycles. The Labute approximate surface area is 144 Å². The first kappa shape index (κ1) is 16.1. The van der Waals surface area contributed by atoms with Crippen molar-refractivity contribution in [2.24, 2.45) is 11.8 Å². The third-order valence-electron chi connectivity index (χ3n) is 5.43. The lowest BCUT2D eigenvalue weighted by Crippen LogP contribution is -2.48. The molecule has 4 atom stereocenters. The average molecular weight is 345 g/mol. The molecule has 0 spiro atoms. The number of piperidine rings is 1. The number of imide groups is 1. The highest BCUT2D eigenvalue weighted by molar-refractivity contribution is 6.04. The van der Waals surface area contributed by atoms with E-state index < -0.39 is 12.1 Å². The van der Waals surface area contributed by atoms with Crippen molar-refractivity contribution >= 4 is 17.8 Å². The summed E-state index contributed by atoms with van der Waals surface area (Å²) in [6, 6.07) is 5.41. The van der Waals surface area contributed by atoms with Crippen molar-refractivity contribution in [3.8, 4) is 0 Å². The smallest absolute Gasteiger partial charge is 0.322 e. The van der Waals surface area contributed by atoms with E-state index >= 15 is 0 Å². The van der Waals surface area contributed by atoms with Gasteiger partial charge in [-0.2, -0.15) is 0 Å². The van der Waals surface area contributed by atoms with Crippen molar-refractivity contribution in [2.45, 2.75) is 31.2 Å². The second kappa shape index (κ2) is 6.13. The van der Waals surface area contributed by atoms with Crippen molar-refractivity contribution in [1.82, 2.24) is 15.5 Å². The van der Waals surface area contributed by atoms with E-state index in [2.05, 4.69) is 10.6 Å². The van der Waals surface area contributed by atoms with Crippen LogP contribution in [-0.2, 0) is 9.59 Å². The Bertz CT molecular complexity index is 738. The summed E-state index contributed by atoms with van der Waals surface area (Å²) in [4.78, 5) is 37.7. The summed E-state index contributed by atoms with van der Waals surface area (Å²) in [7, 11) is 0. The quantitative estimate of drug-likeness (QED) is 0.813. The predicted molar refractivity (Wildman–Crippen MR) is 87.0 cm³/mol. The number of hydrogen-bond donors (Lipinski definition) is 2. The molecule has 3 fully saturated rings. The molecule has 2 N–H and O–H groups in total. The topological polar surface area (TPSA) is 78.5 Å². The molecule has 4 amide bonds. The number of rotatable bonds is 3. The van der Waals surface area contributed by atoms with Gasteiger partial charge in [-0.05, 0) is 42.9 Å². The monoisotopic (exact) mass is 345 g/mol. The number of carbonyl (C=O) groups is 3. The van der Waals surface area contributed by atoms with Gasteiger partial charge in [0, 0.05) is 24.9 Å². The van der Waals surface area contributed by atoms with Gasteiger partial charge in [0.05, 0.1) is 0 Å². The number of likely N-dealkylation sites (tertiary alicyclic amines) is 1. The maximum absolute atomic E-state index is 13.4. The normalized spacial score (nSPS) is 31.5. The van der Waals surface area contributed by atoms with Gasteiger partial charge in [-0.15, -0.1) is 0 Å². The van der Waals surface area contributed by atoms with Crippen molar-refractivity contribution in [2.75, 3.05) is 13.1 Å². The third kappa shape index (κ3) is 3.10. The largest absolute Gasteiger partial charge is 0.342 e. The fourth-order valence-corrected chi connectivity index (χ4v) is 4.05. The molecule has 1 aromatic rings. The number of benzene rings is 1. The molecule has 0 radical (unpaired) electrons. The number of amides is 4. The number of carbonyl (C=O) groups excluding carboxylic acids is 3. The van der Waals surface area contributed by atoms with Crippen LogP contribution in [0.25, 0.3) is 0 Å². The minimum atomic E-state index is -0.554. The summed E-state index contributed by atoms with van der Waals surface area (Å²) >= 11 is 0. The van der Waals surface area contributed by atoms with Crippen LogP contribution >= 0.6 is 0 Å². The molecule has 132 valence electrons. The number of hydrogen-bond acceptors (Lipinski definition) is 3. The molecule has 2 saturated heterocycles. The van der Waals surface area contributed by atoms with E-state index in [4.69, 9.17) is 0 Å². The van der Waals surface area contributed by atoms with Gasteiger partial charge in [0.2, 0.25) is 5.91 Å². The van der Waals surface area contributed by atoms with Crippen molar-refractivity contribution < 1.29 is 18.8 Å². The lowest BCUT2D eigenvalue weighted by atomic mass is 9.90. The van der Waals surface area contributed by atoms with Gasteiger partial charge in [0.25, 0.3) is 5.91 Å². The number of urea groups is 1. The van der Waals surface area contributed by atoms with Crippen LogP contribution in [0.5, 0.6) is 0 Å². The average Bonchev–Trinajstić information content (AvgIpc) is 3.33. The van der Waals surface area contributed by atoms with Gasteiger partial charge in [0.1, 0.15) is 11.9 Å². The Kier molecular flexibility index (Phi) is 3.94. The lowest BCUT2D eigenvalue weighted by molar-refractivity contribution is -0.135. The Hall–Kier alpha value is -2.44. The summed E-state index contributed by atoms with van der Waals surface area (Å²) in [6.07, 6.45) is 2.36. The highest BCUT2D eigenvalue weighted by Crippen LogP contribution is 2.48. The Morgan fingerprint density at radius 1 is 1.28 bits per heavy atom. The molecule has 2 heterocycles. The minimum Gasteiger partial charge on any atom is -0.342 e. The fraction of sp³-hybridized carbons (Fsp3) is 0.500. The van der Waals surface area contributed by atoms with Gasteiger partial charge in [-0.25, -0.2) is 9.18 Å². The molecule has 1 saturated carbocycles. The van der Waals surface area contributed by atoms with Crippen molar-refractivity contribution in [3.63, 3.8) is 0 Å². The molecule has 25 heavy (non-hydrogen) atoms. The molecule has 7 heteroatoms. The number of nitrogens with zero attached hydrogens (tertiary/aromatic N) is 1. The number of halogens is 1. The first-order valence-corrected chi connectivity index (χ1v) is 8.68. The zero-order valence-corrected chi connectivity index (χ0v) is 13.7. The SMILES string of the molecule is O=C1NC(=O)[C@H]([C@@H]2CCCN(C(=O)[C@H]3C[C@H]3c3cccc(F)c3)C2)N1. The van der Waals surface area contributed by atoms with E-state index in [0.29, 0.717) is 13.1 Å². The van der Waals surface area contributed by atoms with Crippen LogP contribution in [0.4, 0.5) is 9.18 Å². The van der Waals surface area contributed by atoms with Crippen LogP contribution in [0, 0.1) is 17.7 Å². The van der Waals surface area contributed by atoms with E-state index in [1.54, 1.807) is 11.0 Å². The third-order valence-corrected chi connectivity index (χ3v) is 5.43. The maximum Gasteiger partial charge on any atom is 0.322 e. The molecule has 0 bridgehead atoms. The first-order chi connectivity index (χ1) is 12.0. The highest BCUT2D eigenvalue weighted by atomic mass is 19.1. The molecule has 1 aromatic carbocycles. The lowest BCUT2D eigenvalue weighted by Gasteiger charge is -2.34. The zero-order valence-electron chi connectivity index (χ0n) is 13.7. The molecule has 2 aliphatic heterocycles. The minimum absolute atomic E-state index is 0.0597. The Morgan fingerprint density at radius 3 is 2.84 bits per heavy atom. The van der Waals surface area contributed by atoms with E-state index in [0.717, 1.165) is 24.8 Å². The molecule has 4 rings (SSSR count). The molecular weight excluding hydrogens is 325 g/mol. The van der Waals surface area contributed by atoms with E-state index in [1.807, 2.05) is 6.07 Å². The van der Waals surface area contributed by atoms with Crippen molar-refractivity contribution in [1.29, 1.82) is 0 Å². The highest BCUT2D eigenvalue weighted by Gasteiger charge is 2.47. The van der Waals surface area contributed by atoms with Gasteiger partial charge in [-0.3, -0.25) is 14.9 Å². The molecule has 6 nitrogen and oxygen atoms in total. The molecule has 0 aromatic heterocycles. The van der Waals surface area contributed by atoms with Gasteiger partial charge < -0.3 is 10.2 Å². The summed E-state index contributed by atoms with van der Waals surface area (Å²) < 4.78 is 13.4. The summed E-state index contributed by atoms with van der Waals surface area (Å²) in [5, 5.41) is 4.89. The Morgan fingerprint density at radius 2 is 2.12 bits per heavy atom. The summed E-state index contributed by atoms with van der Waals surface area (Å²) in [6.45, 7) is 1.15. The van der Waals surface area contributed by atoms with Crippen LogP contribution in [0.2, 0.25) is 0 Å². The van der Waals surface area contributed by atoms with E-state index in [1.165, 1.54) is 12.1 Å². The first-order valence-electron chi connectivity index (χ1n) is 8.68. The maximum atomic E-state index is 13.4. The van der Waals surface area contributed by atoms with E-state index in [-0.39, 0.29) is 35.4 Å². The van der Waals surface area contributed by atoms with Crippen LogP contribution in [0.1, 0.15) is 30.7 Å². The van der Waals surface area contributed by atoms with Crippen LogP contribution in [0.3, 0.4) is 0 Å². The summed E-state index contributed by atoms with van der Waals surface area (Å²) in [5.74, 6) is -0.602. The molecule has 3 aliphatic rings. The van der Waals surface area contributed by atoms with Crippen LogP contribution in [0.15, 0.2) is 24.3 Å². The zero-order chi connectivity index (χ0) is 17.6. The van der Waals surface area contributed by atoms with E-state index in [9.17, 15) is 18.8 Å². The van der Waals surface area contributed by atoms with Gasteiger partial charge >= 0.3 is 6.03 Å². The van der Waals surface area contributed by atoms with Crippen LogP contribution in [-0.4, -0.2) is 41.9 Å². The fourth-order valence-electron chi connectivity index (χ4n) is 4.05. The molecular formula is C18H20FN3O3. The number of nitrogens with one attached hydrogen (secondary N) is 2. The summed E-state index contributed by atoms with van der Waals surface area (Å²) in [5.41, 5.74) is 0.870. The van der Waals surface area contributed by atoms with Gasteiger partial charge in [-0.1, -0.05) is 12.1 Å². The molecule has 0 unspecified atom stereocenters. The predicted octanol–water partition coefficient (Wildman–Crippen LogP) is 1.38. The standard InChI is InChI=1S/C18H20FN3O3/c19-12-5-1-3-10(7-12)13-8-14(13)17(24)22-6-2-4-11(9-22)15-16(23)21-18(25)20-15/h1,3,5,7,11,13-15H,2,4,6,8-9H2,(H2,20,21,23,25)/t11-,13+,14+,15+/m1/s1. The van der Waals surface area contributed by atoms with Crippen LogP contribution < -0.4 is 10.6 Å². The van der Waals surface area contributed by atoms with Gasteiger partial charge in [0.15, 0.2) is 0 Å². The Balaban J connectivity index is 1.40. The van der Waals surface area contributed by atoms with Crippen molar-refractivity contribution in [3.05, 3.63) is 35.6 Å². The second-order valence-electron chi connectivity index (χ2n) is 7.13.